The maximum absolute atomic E-state index is 6.12. The van der Waals surface area contributed by atoms with Crippen LogP contribution in [0.15, 0.2) is 12.5 Å². The van der Waals surface area contributed by atoms with Crippen LogP contribution in [0.4, 0.5) is 5.82 Å². The Kier molecular flexibility index (Phi) is 4.18. The highest BCUT2D eigenvalue weighted by molar-refractivity contribution is 6.32. The molecule has 0 aliphatic heterocycles. The van der Waals surface area contributed by atoms with Gasteiger partial charge in [0.1, 0.15) is 11.3 Å². The molecule has 1 saturated carbocycles. The molecular formula is C12H19ClN4. The second-order valence-electron chi connectivity index (χ2n) is 4.60. The van der Waals surface area contributed by atoms with E-state index in [-0.39, 0.29) is 0 Å². The SMILES string of the molecule is CNC1CCC(N(C)c2ncncc2Cl)CC1. The van der Waals surface area contributed by atoms with Gasteiger partial charge in [-0.25, -0.2) is 9.97 Å². The minimum absolute atomic E-state index is 0.534. The number of nitrogens with one attached hydrogen (secondary N) is 1. The fourth-order valence-electron chi connectivity index (χ4n) is 2.49. The zero-order valence-corrected chi connectivity index (χ0v) is 11.1. The summed E-state index contributed by atoms with van der Waals surface area (Å²) in [6.07, 6.45) is 8.00. The van der Waals surface area contributed by atoms with Crippen LogP contribution < -0.4 is 10.2 Å². The van der Waals surface area contributed by atoms with Crippen molar-refractivity contribution in [3.8, 4) is 0 Å². The first-order valence-electron chi connectivity index (χ1n) is 6.08. The lowest BCUT2D eigenvalue weighted by Gasteiger charge is -2.35. The van der Waals surface area contributed by atoms with Gasteiger partial charge in [-0.1, -0.05) is 11.6 Å². The molecule has 17 heavy (non-hydrogen) atoms. The van der Waals surface area contributed by atoms with E-state index in [9.17, 15) is 0 Å². The predicted molar refractivity (Wildman–Crippen MR) is 70.5 cm³/mol. The van der Waals surface area contributed by atoms with Crippen LogP contribution in [0.25, 0.3) is 0 Å². The summed E-state index contributed by atoms with van der Waals surface area (Å²) < 4.78 is 0. The average molecular weight is 255 g/mol. The molecule has 0 bridgehead atoms. The minimum Gasteiger partial charge on any atom is -0.355 e. The fourth-order valence-corrected chi connectivity index (χ4v) is 2.73. The molecule has 0 amide bonds. The Balaban J connectivity index is 2.02. The number of rotatable bonds is 3. The van der Waals surface area contributed by atoms with Gasteiger partial charge in [-0.15, -0.1) is 0 Å². The third-order valence-electron chi connectivity index (χ3n) is 3.63. The van der Waals surface area contributed by atoms with E-state index in [4.69, 9.17) is 11.6 Å². The Hall–Kier alpha value is -0.870. The van der Waals surface area contributed by atoms with Crippen molar-refractivity contribution in [2.45, 2.75) is 37.8 Å². The van der Waals surface area contributed by atoms with E-state index in [2.05, 4.69) is 27.2 Å². The highest BCUT2D eigenvalue weighted by Crippen LogP contribution is 2.28. The molecule has 0 saturated heterocycles. The number of hydrogen-bond acceptors (Lipinski definition) is 4. The summed E-state index contributed by atoms with van der Waals surface area (Å²) in [6.45, 7) is 0. The van der Waals surface area contributed by atoms with Crippen LogP contribution in [0.5, 0.6) is 0 Å². The zero-order valence-electron chi connectivity index (χ0n) is 10.4. The molecule has 0 unspecified atom stereocenters. The van der Waals surface area contributed by atoms with Crippen LogP contribution >= 0.6 is 11.6 Å². The average Bonchev–Trinajstić information content (AvgIpc) is 2.39. The van der Waals surface area contributed by atoms with Crippen LogP contribution in [-0.2, 0) is 0 Å². The molecule has 1 aliphatic rings. The summed E-state index contributed by atoms with van der Waals surface area (Å²) in [5.74, 6) is 0.842. The lowest BCUT2D eigenvalue weighted by molar-refractivity contribution is 0.350. The first-order valence-corrected chi connectivity index (χ1v) is 6.45. The van der Waals surface area contributed by atoms with E-state index < -0.39 is 0 Å². The first-order chi connectivity index (χ1) is 8.22. The Bertz CT molecular complexity index is 363. The van der Waals surface area contributed by atoms with E-state index in [1.807, 2.05) is 7.05 Å². The van der Waals surface area contributed by atoms with Crippen molar-refractivity contribution in [1.29, 1.82) is 0 Å². The monoisotopic (exact) mass is 254 g/mol. The van der Waals surface area contributed by atoms with Gasteiger partial charge in [-0.2, -0.15) is 0 Å². The smallest absolute Gasteiger partial charge is 0.150 e. The number of nitrogens with zero attached hydrogens (tertiary/aromatic N) is 3. The summed E-state index contributed by atoms with van der Waals surface area (Å²) in [5.41, 5.74) is 0. The molecule has 1 aliphatic carbocycles. The van der Waals surface area contributed by atoms with Gasteiger partial charge in [0, 0.05) is 19.1 Å². The summed E-state index contributed by atoms with van der Waals surface area (Å²) in [7, 11) is 4.11. The highest BCUT2D eigenvalue weighted by atomic mass is 35.5. The molecule has 94 valence electrons. The van der Waals surface area contributed by atoms with E-state index in [1.165, 1.54) is 25.7 Å². The molecule has 0 atom stereocenters. The molecule has 1 N–H and O–H groups in total. The van der Waals surface area contributed by atoms with Crippen molar-refractivity contribution < 1.29 is 0 Å². The zero-order chi connectivity index (χ0) is 12.3. The molecular weight excluding hydrogens is 236 g/mol. The van der Waals surface area contributed by atoms with Gasteiger partial charge in [0.15, 0.2) is 5.82 Å². The topological polar surface area (TPSA) is 41.0 Å². The van der Waals surface area contributed by atoms with Gasteiger partial charge in [0.2, 0.25) is 0 Å². The van der Waals surface area contributed by atoms with Gasteiger partial charge < -0.3 is 10.2 Å². The van der Waals surface area contributed by atoms with Crippen molar-refractivity contribution in [2.24, 2.45) is 0 Å². The van der Waals surface area contributed by atoms with Gasteiger partial charge >= 0.3 is 0 Å². The summed E-state index contributed by atoms with van der Waals surface area (Å²) >= 11 is 6.12. The van der Waals surface area contributed by atoms with Crippen LogP contribution in [0.2, 0.25) is 5.02 Å². The second-order valence-corrected chi connectivity index (χ2v) is 5.01. The molecule has 0 aromatic carbocycles. The molecule has 2 rings (SSSR count). The third-order valence-corrected chi connectivity index (χ3v) is 3.90. The lowest BCUT2D eigenvalue weighted by atomic mass is 9.90. The van der Waals surface area contributed by atoms with Crippen molar-refractivity contribution in [3.05, 3.63) is 17.5 Å². The molecule has 0 spiro atoms. The lowest BCUT2D eigenvalue weighted by Crippen LogP contribution is -2.40. The highest BCUT2D eigenvalue weighted by Gasteiger charge is 2.24. The Morgan fingerprint density at radius 1 is 1.35 bits per heavy atom. The van der Waals surface area contributed by atoms with Crippen LogP contribution in [-0.4, -0.2) is 36.1 Å². The standard InChI is InChI=1S/C12H19ClN4/c1-14-9-3-5-10(6-4-9)17(2)12-11(13)7-15-8-16-12/h7-10,14H,3-6H2,1-2H3. The summed E-state index contributed by atoms with van der Waals surface area (Å²) in [6, 6.07) is 1.20. The maximum Gasteiger partial charge on any atom is 0.150 e. The summed E-state index contributed by atoms with van der Waals surface area (Å²) in [4.78, 5) is 10.4. The van der Waals surface area contributed by atoms with Crippen LogP contribution in [0.1, 0.15) is 25.7 Å². The largest absolute Gasteiger partial charge is 0.355 e. The Morgan fingerprint density at radius 2 is 2.06 bits per heavy atom. The second kappa shape index (κ2) is 5.65. The van der Waals surface area contributed by atoms with Crippen LogP contribution in [0.3, 0.4) is 0 Å². The number of aromatic nitrogens is 2. The van der Waals surface area contributed by atoms with Gasteiger partial charge in [0.25, 0.3) is 0 Å². The van der Waals surface area contributed by atoms with Crippen molar-refractivity contribution in [1.82, 2.24) is 15.3 Å². The van der Waals surface area contributed by atoms with Crippen molar-refractivity contribution >= 4 is 17.4 Å². The third kappa shape index (κ3) is 2.87. The molecule has 1 heterocycles. The first kappa shape index (κ1) is 12.6. The van der Waals surface area contributed by atoms with E-state index in [1.54, 1.807) is 12.5 Å². The van der Waals surface area contributed by atoms with E-state index in [0.717, 1.165) is 5.82 Å². The van der Waals surface area contributed by atoms with Crippen molar-refractivity contribution in [3.63, 3.8) is 0 Å². The maximum atomic E-state index is 6.12. The van der Waals surface area contributed by atoms with Crippen LogP contribution in [0, 0.1) is 0 Å². The van der Waals surface area contributed by atoms with Gasteiger partial charge in [-0.3, -0.25) is 0 Å². The minimum atomic E-state index is 0.534. The molecule has 5 heteroatoms. The summed E-state index contributed by atoms with van der Waals surface area (Å²) in [5, 5.41) is 3.97. The normalized spacial score (nSPS) is 24.6. The number of hydrogen-bond donors (Lipinski definition) is 1. The Labute approximate surface area is 107 Å². The molecule has 1 aromatic heterocycles. The predicted octanol–water partition coefficient (Wildman–Crippen LogP) is 2.10. The molecule has 4 nitrogen and oxygen atoms in total. The van der Waals surface area contributed by atoms with E-state index in [0.29, 0.717) is 17.1 Å². The molecule has 1 fully saturated rings. The quantitative estimate of drug-likeness (QED) is 0.897. The van der Waals surface area contributed by atoms with E-state index >= 15 is 0 Å². The molecule has 1 aromatic rings. The number of anilines is 1. The number of halogens is 1. The van der Waals surface area contributed by atoms with Gasteiger partial charge in [-0.05, 0) is 32.7 Å². The molecule has 0 radical (unpaired) electrons. The fraction of sp³-hybridized carbons (Fsp3) is 0.667. The van der Waals surface area contributed by atoms with Crippen molar-refractivity contribution in [2.75, 3.05) is 19.0 Å². The van der Waals surface area contributed by atoms with Gasteiger partial charge in [0.05, 0.1) is 6.20 Å². The Morgan fingerprint density at radius 3 is 2.65 bits per heavy atom.